The second kappa shape index (κ2) is 8.50. The van der Waals surface area contributed by atoms with Crippen molar-refractivity contribution in [2.24, 2.45) is 5.73 Å². The lowest BCUT2D eigenvalue weighted by atomic mass is 9.95. The summed E-state index contributed by atoms with van der Waals surface area (Å²) < 4.78 is 96.0. The van der Waals surface area contributed by atoms with E-state index in [2.05, 4.69) is 0 Å². The molecule has 0 aliphatic rings. The standard InChI is InChI=1S/C20H15F5N2O2S/c21-13-14(22)16(24)20(17(25)15(13)23)30(28,29)27-19(12-9-5-2-6-10-12)18(26)11-7-3-1-4-8-11/h1-10,18-19,27H,26H2. The van der Waals surface area contributed by atoms with Crippen LogP contribution in [0.5, 0.6) is 0 Å². The van der Waals surface area contributed by atoms with Gasteiger partial charge in [0.25, 0.3) is 0 Å². The number of hydrogen-bond donors (Lipinski definition) is 2. The van der Waals surface area contributed by atoms with Crippen molar-refractivity contribution in [2.45, 2.75) is 17.0 Å². The SMILES string of the molecule is NC(c1ccccc1)C(NS(=O)(=O)c1c(F)c(F)c(F)c(F)c1F)c1ccccc1. The first kappa shape index (κ1) is 21.9. The molecule has 0 fully saturated rings. The molecule has 3 aromatic rings. The van der Waals surface area contributed by atoms with Crippen LogP contribution in [-0.2, 0) is 10.0 Å². The van der Waals surface area contributed by atoms with Gasteiger partial charge in [0.15, 0.2) is 28.2 Å². The summed E-state index contributed by atoms with van der Waals surface area (Å²) in [5.74, 6) is -12.1. The van der Waals surface area contributed by atoms with Crippen LogP contribution >= 0.6 is 0 Å². The van der Waals surface area contributed by atoms with Crippen molar-refractivity contribution in [3.8, 4) is 0 Å². The summed E-state index contributed by atoms with van der Waals surface area (Å²) in [7, 11) is -5.21. The number of nitrogens with two attached hydrogens (primary N) is 1. The maximum Gasteiger partial charge on any atom is 0.247 e. The van der Waals surface area contributed by atoms with Gasteiger partial charge in [-0.3, -0.25) is 0 Å². The Morgan fingerprint density at radius 2 is 1.07 bits per heavy atom. The Balaban J connectivity index is 2.12. The van der Waals surface area contributed by atoms with Gasteiger partial charge in [0.1, 0.15) is 0 Å². The molecule has 0 amide bonds. The highest BCUT2D eigenvalue weighted by molar-refractivity contribution is 7.89. The number of hydrogen-bond acceptors (Lipinski definition) is 3. The molecule has 0 aliphatic heterocycles. The lowest BCUT2D eigenvalue weighted by molar-refractivity contribution is 0.356. The second-order valence-electron chi connectivity index (χ2n) is 6.35. The normalized spacial score (nSPS) is 13.8. The minimum Gasteiger partial charge on any atom is -0.322 e. The lowest BCUT2D eigenvalue weighted by Crippen LogP contribution is -2.37. The largest absolute Gasteiger partial charge is 0.322 e. The van der Waals surface area contributed by atoms with Gasteiger partial charge in [-0.15, -0.1) is 0 Å². The average molecular weight is 442 g/mol. The van der Waals surface area contributed by atoms with Crippen LogP contribution in [0.2, 0.25) is 0 Å². The maximum absolute atomic E-state index is 14.1. The van der Waals surface area contributed by atoms with Crippen molar-refractivity contribution in [2.75, 3.05) is 0 Å². The Bertz CT molecular complexity index is 1130. The Kier molecular flexibility index (Phi) is 6.20. The van der Waals surface area contributed by atoms with Gasteiger partial charge in [0, 0.05) is 0 Å². The van der Waals surface area contributed by atoms with E-state index < -0.39 is 56.1 Å². The maximum atomic E-state index is 14.1. The minimum atomic E-state index is -5.21. The van der Waals surface area contributed by atoms with E-state index in [1.54, 1.807) is 48.5 Å². The molecule has 0 spiro atoms. The summed E-state index contributed by atoms with van der Waals surface area (Å²) in [6.45, 7) is 0. The van der Waals surface area contributed by atoms with Crippen molar-refractivity contribution in [3.05, 3.63) is 101 Å². The van der Waals surface area contributed by atoms with E-state index in [1.807, 2.05) is 4.72 Å². The quantitative estimate of drug-likeness (QED) is 0.343. The van der Waals surface area contributed by atoms with Crippen LogP contribution in [0.15, 0.2) is 65.6 Å². The zero-order chi connectivity index (χ0) is 22.1. The molecule has 2 unspecified atom stereocenters. The van der Waals surface area contributed by atoms with E-state index in [9.17, 15) is 30.4 Å². The zero-order valence-corrected chi connectivity index (χ0v) is 15.9. The van der Waals surface area contributed by atoms with Gasteiger partial charge >= 0.3 is 0 Å². The van der Waals surface area contributed by atoms with Gasteiger partial charge in [-0.1, -0.05) is 60.7 Å². The number of benzene rings is 3. The molecule has 0 saturated heterocycles. The molecule has 3 N–H and O–H groups in total. The van der Waals surface area contributed by atoms with Crippen LogP contribution in [-0.4, -0.2) is 8.42 Å². The zero-order valence-electron chi connectivity index (χ0n) is 15.1. The second-order valence-corrected chi connectivity index (χ2v) is 8.00. The van der Waals surface area contributed by atoms with Crippen LogP contribution in [0.25, 0.3) is 0 Å². The van der Waals surface area contributed by atoms with Crippen molar-refractivity contribution in [1.82, 2.24) is 4.72 Å². The summed E-state index contributed by atoms with van der Waals surface area (Å²) in [6.07, 6.45) is 0. The third-order valence-corrected chi connectivity index (χ3v) is 5.88. The highest BCUT2D eigenvalue weighted by Crippen LogP contribution is 2.31. The molecule has 0 heterocycles. The Morgan fingerprint density at radius 3 is 1.53 bits per heavy atom. The van der Waals surface area contributed by atoms with Crippen LogP contribution in [0.1, 0.15) is 23.2 Å². The number of halogens is 5. The van der Waals surface area contributed by atoms with Gasteiger partial charge in [-0.2, -0.15) is 0 Å². The van der Waals surface area contributed by atoms with Gasteiger partial charge in [0.2, 0.25) is 15.8 Å². The molecule has 0 radical (unpaired) electrons. The number of nitrogens with one attached hydrogen (secondary N) is 1. The number of rotatable bonds is 6. The summed E-state index contributed by atoms with van der Waals surface area (Å²) in [4.78, 5) is -1.97. The molecule has 2 atom stereocenters. The van der Waals surface area contributed by atoms with Crippen molar-refractivity contribution >= 4 is 10.0 Å². The fourth-order valence-electron chi connectivity index (χ4n) is 2.92. The molecule has 3 aromatic carbocycles. The van der Waals surface area contributed by atoms with E-state index in [0.29, 0.717) is 11.1 Å². The minimum absolute atomic E-state index is 0.321. The molecule has 0 bridgehead atoms. The predicted molar refractivity (Wildman–Crippen MR) is 99.1 cm³/mol. The van der Waals surface area contributed by atoms with E-state index in [4.69, 9.17) is 5.73 Å². The average Bonchev–Trinajstić information content (AvgIpc) is 2.75. The van der Waals surface area contributed by atoms with Crippen LogP contribution in [0.3, 0.4) is 0 Å². The summed E-state index contributed by atoms with van der Waals surface area (Å²) in [5, 5.41) is 0. The third-order valence-electron chi connectivity index (χ3n) is 4.42. The summed E-state index contributed by atoms with van der Waals surface area (Å²) in [6, 6.07) is 13.7. The van der Waals surface area contributed by atoms with Gasteiger partial charge in [-0.25, -0.2) is 35.1 Å². The molecule has 30 heavy (non-hydrogen) atoms. The first-order chi connectivity index (χ1) is 14.1. The monoisotopic (exact) mass is 442 g/mol. The van der Waals surface area contributed by atoms with E-state index in [1.165, 1.54) is 12.1 Å². The fraction of sp³-hybridized carbons (Fsp3) is 0.100. The first-order valence-corrected chi connectivity index (χ1v) is 10.0. The molecule has 0 saturated carbocycles. The fourth-order valence-corrected chi connectivity index (χ4v) is 4.31. The van der Waals surface area contributed by atoms with Crippen LogP contribution in [0, 0.1) is 29.1 Å². The molecule has 4 nitrogen and oxygen atoms in total. The summed E-state index contributed by atoms with van der Waals surface area (Å²) in [5.41, 5.74) is 6.99. The Morgan fingerprint density at radius 1 is 0.667 bits per heavy atom. The predicted octanol–water partition coefficient (Wildman–Crippen LogP) is 4.10. The van der Waals surface area contributed by atoms with E-state index >= 15 is 0 Å². The van der Waals surface area contributed by atoms with Crippen molar-refractivity contribution in [1.29, 1.82) is 0 Å². The van der Waals surface area contributed by atoms with Crippen LogP contribution in [0.4, 0.5) is 22.0 Å². The topological polar surface area (TPSA) is 72.2 Å². The molecular formula is C20H15F5N2O2S. The van der Waals surface area contributed by atoms with E-state index in [0.717, 1.165) is 0 Å². The molecular weight excluding hydrogens is 427 g/mol. The Hall–Kier alpha value is -2.82. The molecule has 10 heteroatoms. The summed E-state index contributed by atoms with van der Waals surface area (Å²) >= 11 is 0. The van der Waals surface area contributed by atoms with Gasteiger partial charge < -0.3 is 5.73 Å². The first-order valence-electron chi connectivity index (χ1n) is 8.54. The van der Waals surface area contributed by atoms with Gasteiger partial charge in [0.05, 0.1) is 12.1 Å². The van der Waals surface area contributed by atoms with Gasteiger partial charge in [-0.05, 0) is 11.1 Å². The molecule has 0 aromatic heterocycles. The third kappa shape index (κ3) is 4.07. The van der Waals surface area contributed by atoms with Crippen LogP contribution < -0.4 is 10.5 Å². The molecule has 0 aliphatic carbocycles. The smallest absolute Gasteiger partial charge is 0.247 e. The Labute approximate surface area is 169 Å². The highest BCUT2D eigenvalue weighted by atomic mass is 32.2. The lowest BCUT2D eigenvalue weighted by Gasteiger charge is -2.26. The van der Waals surface area contributed by atoms with Crippen molar-refractivity contribution < 1.29 is 30.4 Å². The molecule has 3 rings (SSSR count). The highest BCUT2D eigenvalue weighted by Gasteiger charge is 2.36. The number of sulfonamides is 1. The molecule has 158 valence electrons. The van der Waals surface area contributed by atoms with E-state index in [-0.39, 0.29) is 0 Å². The van der Waals surface area contributed by atoms with Crippen molar-refractivity contribution in [3.63, 3.8) is 0 Å².